The van der Waals surface area contributed by atoms with Crippen molar-refractivity contribution in [1.29, 1.82) is 0 Å². The molecule has 0 aliphatic rings. The van der Waals surface area contributed by atoms with E-state index in [1.165, 1.54) is 27.8 Å². The molecule has 0 N–H and O–H groups in total. The Labute approximate surface area is 772 Å². The van der Waals surface area contributed by atoms with Crippen LogP contribution in [0.4, 0.5) is 0 Å². The van der Waals surface area contributed by atoms with E-state index < -0.39 is 0 Å². The molecule has 636 valence electrons. The van der Waals surface area contributed by atoms with E-state index in [1.54, 1.807) is 0 Å². The van der Waals surface area contributed by atoms with Crippen molar-refractivity contribution in [2.75, 3.05) is 0 Å². The largest absolute Gasteiger partial charge is 0.256 e. The average molecular weight is 1690 g/mol. The van der Waals surface area contributed by atoms with Crippen molar-refractivity contribution in [1.82, 2.24) is 29.9 Å². The summed E-state index contributed by atoms with van der Waals surface area (Å²) in [4.78, 5) is 29.8. The van der Waals surface area contributed by atoms with Gasteiger partial charge in [0.15, 0.2) is 0 Å². The van der Waals surface area contributed by atoms with Gasteiger partial charge in [0.2, 0.25) is 0 Å². The van der Waals surface area contributed by atoms with E-state index in [1.807, 2.05) is 37.2 Å². The molecule has 19 rings (SSSR count). The van der Waals surface area contributed by atoms with Crippen LogP contribution in [0.2, 0.25) is 0 Å². The Kier molecular flexibility index (Phi) is 23.0. The molecule has 0 aliphatic heterocycles. The highest BCUT2D eigenvalue weighted by Crippen LogP contribution is 2.48. The summed E-state index contributed by atoms with van der Waals surface area (Å²) in [5, 5.41) is 0. The first-order valence-electron chi connectivity index (χ1n) is 45.5. The molecule has 0 spiro atoms. The fourth-order valence-electron chi connectivity index (χ4n) is 18.2. The highest BCUT2D eigenvalue weighted by molar-refractivity contribution is 5.98. The number of rotatable bonds is 18. The van der Waals surface area contributed by atoms with Gasteiger partial charge in [-0.1, -0.05) is 350 Å². The molecule has 6 heteroatoms. The highest BCUT2D eigenvalue weighted by Gasteiger charge is 2.25. The monoisotopic (exact) mass is 1690 g/mol. The molecule has 0 atom stereocenters. The van der Waals surface area contributed by atoms with Crippen molar-refractivity contribution in [3.63, 3.8) is 0 Å². The van der Waals surface area contributed by atoms with Crippen LogP contribution in [0.1, 0.15) is 111 Å². The molecule has 0 radical (unpaired) electrons. The van der Waals surface area contributed by atoms with Gasteiger partial charge in [0.1, 0.15) is 0 Å². The first-order valence-corrected chi connectivity index (χ1v) is 45.5. The van der Waals surface area contributed by atoms with Gasteiger partial charge < -0.3 is 0 Å². The van der Waals surface area contributed by atoms with E-state index in [4.69, 9.17) is 29.9 Å². The minimum absolute atomic E-state index is 0.00202. The van der Waals surface area contributed by atoms with E-state index in [0.717, 1.165) is 201 Å². The van der Waals surface area contributed by atoms with Gasteiger partial charge in [0, 0.05) is 76.1 Å². The lowest BCUT2D eigenvalue weighted by atomic mass is 9.85. The fourth-order valence-corrected chi connectivity index (χ4v) is 18.2. The van der Waals surface area contributed by atoms with Crippen molar-refractivity contribution < 1.29 is 0 Å². The van der Waals surface area contributed by atoms with E-state index >= 15 is 0 Å². The molecule has 0 amide bonds. The average Bonchev–Trinajstić information content (AvgIpc) is 0.766. The smallest absolute Gasteiger partial charge is 0.0717 e. The van der Waals surface area contributed by atoms with Gasteiger partial charge in [-0.05, 0) is 287 Å². The predicted molar refractivity (Wildman–Crippen MR) is 551 cm³/mol. The summed E-state index contributed by atoms with van der Waals surface area (Å²) in [6.07, 6.45) is 11.7. The highest BCUT2D eigenvalue weighted by atomic mass is 14.7. The van der Waals surface area contributed by atoms with Gasteiger partial charge in [-0.15, -0.1) is 0 Å². The van der Waals surface area contributed by atoms with Gasteiger partial charge >= 0.3 is 0 Å². The molecular formula is C125H106N6. The summed E-state index contributed by atoms with van der Waals surface area (Å²) in [7, 11) is 0. The van der Waals surface area contributed by atoms with Crippen molar-refractivity contribution in [2.24, 2.45) is 0 Å². The quantitative estimate of drug-likeness (QED) is 0.0852. The first-order chi connectivity index (χ1) is 63.3. The maximum Gasteiger partial charge on any atom is 0.0717 e. The molecule has 0 bridgehead atoms. The molecule has 0 saturated heterocycles. The van der Waals surface area contributed by atoms with Crippen LogP contribution in [0, 0.1) is 6.92 Å². The number of aromatic nitrogens is 6. The van der Waals surface area contributed by atoms with E-state index in [2.05, 4.69) is 460 Å². The maximum absolute atomic E-state index is 5.22. The Morgan fingerprint density at radius 2 is 0.351 bits per heavy atom. The van der Waals surface area contributed by atoms with Crippen molar-refractivity contribution in [2.45, 2.75) is 112 Å². The predicted octanol–water partition coefficient (Wildman–Crippen LogP) is 33.6. The van der Waals surface area contributed by atoms with E-state index in [9.17, 15) is 0 Å². The molecule has 6 nitrogen and oxygen atoms in total. The molecule has 0 unspecified atom stereocenters. The Morgan fingerprint density at radius 3 is 0.611 bits per heavy atom. The van der Waals surface area contributed by atoms with Gasteiger partial charge in [0.05, 0.1) is 34.2 Å². The third-order valence-corrected chi connectivity index (χ3v) is 25.7. The van der Waals surface area contributed by atoms with E-state index in [-0.39, 0.29) is 21.7 Å². The summed E-state index contributed by atoms with van der Waals surface area (Å²) in [5.41, 5.74) is 45.0. The van der Waals surface area contributed by atoms with Crippen molar-refractivity contribution >= 4 is 0 Å². The van der Waals surface area contributed by atoms with Crippen LogP contribution in [-0.2, 0) is 21.7 Å². The number of aryl methyl sites for hydroxylation is 1. The number of pyridine rings is 6. The fraction of sp³-hybridized carbons (Fsp3) is 0.136. The Balaban J connectivity index is 0.632. The molecule has 6 aromatic heterocycles. The first kappa shape index (κ1) is 85.2. The zero-order valence-corrected chi connectivity index (χ0v) is 76.9. The molecule has 131 heavy (non-hydrogen) atoms. The molecule has 13 aromatic carbocycles. The minimum Gasteiger partial charge on any atom is -0.256 e. The van der Waals surface area contributed by atoms with Crippen LogP contribution in [0.25, 0.3) is 201 Å². The van der Waals surface area contributed by atoms with Crippen LogP contribution in [-0.4, -0.2) is 29.9 Å². The third kappa shape index (κ3) is 18.1. The van der Waals surface area contributed by atoms with Gasteiger partial charge in [0.25, 0.3) is 0 Å². The standard InChI is InChI=1S/C125H106N6/c1-81-68-90(54-57-103(81)121-78-102(63-67-129-121)125(11,12)13)108-30-18-24-36-114(108)97-71-93(69-94(72-97)111-33-21-15-27-105(111)83-40-48-87(49-41-83)118-75-99(60-64-126-118)122(2,3)4)110-32-20-14-26-104(110)82-38-46-86(47-39-82)116-59-56-92(80-131-116)117-58-55-91(79-130-117)109-31-19-25-37-115(109)98-73-95(112-34-22-16-28-106(112)84-42-50-88(51-43-84)119-76-100(61-65-127-119)123(5,6)7)70-96(74-98)113-35-23-17-29-107(113)85-44-52-89(53-45-85)120-77-101(62-66-128-120)124(8,9)10/h14-80H,1-13H3. The van der Waals surface area contributed by atoms with Gasteiger partial charge in [-0.25, -0.2) is 0 Å². The van der Waals surface area contributed by atoms with Crippen LogP contribution in [0.5, 0.6) is 0 Å². The Morgan fingerprint density at radius 1 is 0.145 bits per heavy atom. The van der Waals surface area contributed by atoms with Crippen molar-refractivity contribution in [3.8, 4) is 201 Å². The summed E-state index contributed by atoms with van der Waals surface area (Å²) >= 11 is 0. The van der Waals surface area contributed by atoms with Gasteiger partial charge in [-0.3, -0.25) is 29.9 Å². The normalized spacial score (nSPS) is 11.9. The van der Waals surface area contributed by atoms with Crippen molar-refractivity contribution in [3.05, 3.63) is 435 Å². The Hall–Kier alpha value is -15.2. The topological polar surface area (TPSA) is 77.3 Å². The number of nitrogens with zero attached hydrogens (tertiary/aromatic N) is 6. The summed E-state index contributed by atoms with van der Waals surface area (Å²) in [6, 6.07) is 136. The van der Waals surface area contributed by atoms with Crippen LogP contribution < -0.4 is 0 Å². The third-order valence-electron chi connectivity index (χ3n) is 25.7. The molecule has 0 saturated carbocycles. The van der Waals surface area contributed by atoms with Gasteiger partial charge in [-0.2, -0.15) is 0 Å². The van der Waals surface area contributed by atoms with Crippen LogP contribution in [0.3, 0.4) is 0 Å². The number of benzene rings is 13. The van der Waals surface area contributed by atoms with E-state index in [0.29, 0.717) is 0 Å². The van der Waals surface area contributed by atoms with Crippen LogP contribution in [0.15, 0.2) is 407 Å². The second kappa shape index (κ2) is 35.4. The second-order valence-corrected chi connectivity index (χ2v) is 38.8. The zero-order valence-electron chi connectivity index (χ0n) is 76.9. The number of hydrogen-bond acceptors (Lipinski definition) is 6. The number of hydrogen-bond donors (Lipinski definition) is 0. The molecule has 19 aromatic rings. The summed E-state index contributed by atoms with van der Waals surface area (Å²) in [6.45, 7) is 29.2. The summed E-state index contributed by atoms with van der Waals surface area (Å²) < 4.78 is 0. The zero-order chi connectivity index (χ0) is 90.3. The maximum atomic E-state index is 5.22. The Bertz CT molecular complexity index is 7270. The molecular weight excluding hydrogens is 1590 g/mol. The lowest BCUT2D eigenvalue weighted by molar-refractivity contribution is 0.589. The molecule has 0 aliphatic carbocycles. The minimum atomic E-state index is -0.00247. The lowest BCUT2D eigenvalue weighted by Crippen LogP contribution is -2.11. The molecule has 0 fully saturated rings. The molecule has 6 heterocycles. The summed E-state index contributed by atoms with van der Waals surface area (Å²) in [5.74, 6) is 0. The lowest BCUT2D eigenvalue weighted by Gasteiger charge is -2.20. The SMILES string of the molecule is Cc1cc(-c2ccccc2-c2cc(-c3ccccc3-c3ccc(-c4ccc(-c5ccc(-c6ccccc6-c6cc(-c7ccccc7-c7ccc(-c8cc(C(C)(C)C)ccn8)cc7)cc(-c7ccccc7-c7ccc(-c8cc(C(C)(C)C)ccn8)cc7)c6)cn5)cn4)cc3)cc(-c3ccccc3-c3ccc(-c4cc(C(C)(C)C)ccn4)cc3)c2)ccc1-c1cc(C(C)(C)C)ccn1. The van der Waals surface area contributed by atoms with Crippen LogP contribution >= 0.6 is 0 Å². The second-order valence-electron chi connectivity index (χ2n) is 38.8.